The maximum atomic E-state index is 11.4. The van der Waals surface area contributed by atoms with Gasteiger partial charge in [0.2, 0.25) is 5.54 Å². The van der Waals surface area contributed by atoms with Crippen molar-refractivity contribution in [3.63, 3.8) is 0 Å². The molecule has 1 atom stereocenters. The van der Waals surface area contributed by atoms with Crippen LogP contribution in [-0.2, 0) is 20.9 Å². The zero-order valence-electron chi connectivity index (χ0n) is 9.25. The normalized spacial score (nSPS) is 13.1. The number of carboxylic acids is 1. The predicted octanol–water partition coefficient (Wildman–Crippen LogP) is 0.954. The van der Waals surface area contributed by atoms with Gasteiger partial charge in [-0.2, -0.15) is 0 Å². The van der Waals surface area contributed by atoms with E-state index in [2.05, 4.69) is 0 Å². The highest BCUT2D eigenvalue weighted by atomic mass is 35.5. The minimum Gasteiger partial charge on any atom is -0.479 e. The molecule has 0 bridgehead atoms. The van der Waals surface area contributed by atoms with Gasteiger partial charge in [0.25, 0.3) is 0 Å². The highest BCUT2D eigenvalue weighted by Gasteiger charge is 2.38. The Bertz CT molecular complexity index is 392. The Balaban J connectivity index is 0.00000256. The molecule has 0 heterocycles. The molecule has 3 N–H and O–H groups in total. The molecule has 6 heteroatoms. The molecule has 17 heavy (non-hydrogen) atoms. The van der Waals surface area contributed by atoms with Crippen molar-refractivity contribution in [2.45, 2.75) is 19.1 Å². The average Bonchev–Trinajstić information content (AvgIpc) is 2.27. The van der Waals surface area contributed by atoms with Crippen LogP contribution < -0.4 is 5.73 Å². The summed E-state index contributed by atoms with van der Waals surface area (Å²) in [4.78, 5) is 22.0. The van der Waals surface area contributed by atoms with Crippen molar-refractivity contribution in [3.8, 4) is 0 Å². The van der Waals surface area contributed by atoms with Crippen molar-refractivity contribution < 1.29 is 19.4 Å². The number of rotatable bonds is 4. The summed E-state index contributed by atoms with van der Waals surface area (Å²) < 4.78 is 4.81. The lowest BCUT2D eigenvalue weighted by Gasteiger charge is -2.17. The molecule has 0 amide bonds. The van der Waals surface area contributed by atoms with Crippen LogP contribution >= 0.6 is 12.4 Å². The van der Waals surface area contributed by atoms with E-state index in [1.807, 2.05) is 6.07 Å². The van der Waals surface area contributed by atoms with Gasteiger partial charge in [0, 0.05) is 0 Å². The molecule has 0 saturated carbocycles. The van der Waals surface area contributed by atoms with Gasteiger partial charge in [0.1, 0.15) is 6.61 Å². The largest absolute Gasteiger partial charge is 0.479 e. The second-order valence-corrected chi connectivity index (χ2v) is 3.57. The molecule has 0 aliphatic heterocycles. The average molecular weight is 260 g/mol. The molecule has 0 aromatic heterocycles. The summed E-state index contributed by atoms with van der Waals surface area (Å²) in [5, 5.41) is 8.68. The van der Waals surface area contributed by atoms with Gasteiger partial charge in [0.15, 0.2) is 0 Å². The lowest BCUT2D eigenvalue weighted by molar-refractivity contribution is -0.160. The van der Waals surface area contributed by atoms with Crippen LogP contribution in [0.5, 0.6) is 0 Å². The SMILES string of the molecule is CC(N)(C(=O)O)C(=O)OCc1ccccc1.Cl. The minimum atomic E-state index is -2.01. The van der Waals surface area contributed by atoms with E-state index in [1.54, 1.807) is 24.3 Å². The van der Waals surface area contributed by atoms with Crippen molar-refractivity contribution in [3.05, 3.63) is 35.9 Å². The summed E-state index contributed by atoms with van der Waals surface area (Å²) in [6, 6.07) is 8.95. The molecule has 1 unspecified atom stereocenters. The van der Waals surface area contributed by atoms with Crippen molar-refractivity contribution in [1.29, 1.82) is 0 Å². The summed E-state index contributed by atoms with van der Waals surface area (Å²) >= 11 is 0. The number of benzene rings is 1. The maximum absolute atomic E-state index is 11.4. The summed E-state index contributed by atoms with van der Waals surface area (Å²) in [7, 11) is 0. The molecule has 1 aromatic rings. The summed E-state index contributed by atoms with van der Waals surface area (Å²) in [6.45, 7) is 1.11. The number of ether oxygens (including phenoxy) is 1. The number of carbonyl (C=O) groups excluding carboxylic acids is 1. The number of carbonyl (C=O) groups is 2. The van der Waals surface area contributed by atoms with Gasteiger partial charge in [-0.15, -0.1) is 12.4 Å². The van der Waals surface area contributed by atoms with E-state index >= 15 is 0 Å². The van der Waals surface area contributed by atoms with E-state index in [0.717, 1.165) is 12.5 Å². The third-order valence-electron chi connectivity index (χ3n) is 2.08. The summed E-state index contributed by atoms with van der Waals surface area (Å²) in [5.41, 5.74) is 4.06. The Morgan fingerprint density at radius 3 is 2.35 bits per heavy atom. The number of carboxylic acid groups (broad SMARTS) is 1. The van der Waals surface area contributed by atoms with Crippen molar-refractivity contribution in [1.82, 2.24) is 0 Å². The highest BCUT2D eigenvalue weighted by molar-refractivity contribution is 6.03. The molecular weight excluding hydrogens is 246 g/mol. The van der Waals surface area contributed by atoms with Crippen LogP contribution in [-0.4, -0.2) is 22.6 Å². The van der Waals surface area contributed by atoms with Crippen LogP contribution in [0.1, 0.15) is 12.5 Å². The second kappa shape index (κ2) is 6.22. The fourth-order valence-corrected chi connectivity index (χ4v) is 0.960. The molecule has 0 aliphatic rings. The molecular formula is C11H14ClNO4. The molecule has 0 fully saturated rings. The van der Waals surface area contributed by atoms with Gasteiger partial charge in [0.05, 0.1) is 0 Å². The molecule has 5 nitrogen and oxygen atoms in total. The fourth-order valence-electron chi connectivity index (χ4n) is 0.960. The van der Waals surface area contributed by atoms with Gasteiger partial charge in [-0.3, -0.25) is 0 Å². The van der Waals surface area contributed by atoms with E-state index in [9.17, 15) is 9.59 Å². The van der Waals surface area contributed by atoms with Crippen LogP contribution in [0.4, 0.5) is 0 Å². The molecule has 1 rings (SSSR count). The van der Waals surface area contributed by atoms with Crippen molar-refractivity contribution in [2.24, 2.45) is 5.73 Å². The van der Waals surface area contributed by atoms with Crippen LogP contribution in [0.15, 0.2) is 30.3 Å². The number of halogens is 1. The Morgan fingerprint density at radius 1 is 1.35 bits per heavy atom. The van der Waals surface area contributed by atoms with Gasteiger partial charge in [-0.25, -0.2) is 9.59 Å². The summed E-state index contributed by atoms with van der Waals surface area (Å²) in [5.74, 6) is -2.37. The number of hydrogen-bond acceptors (Lipinski definition) is 4. The molecule has 0 aliphatic carbocycles. The first-order valence-electron chi connectivity index (χ1n) is 4.68. The first kappa shape index (κ1) is 15.4. The van der Waals surface area contributed by atoms with Crippen LogP contribution in [0.25, 0.3) is 0 Å². The maximum Gasteiger partial charge on any atom is 0.337 e. The van der Waals surface area contributed by atoms with E-state index in [4.69, 9.17) is 15.6 Å². The minimum absolute atomic E-state index is 0. The molecule has 1 aromatic carbocycles. The summed E-state index contributed by atoms with van der Waals surface area (Å²) in [6.07, 6.45) is 0. The van der Waals surface area contributed by atoms with E-state index < -0.39 is 17.5 Å². The zero-order chi connectivity index (χ0) is 12.2. The zero-order valence-corrected chi connectivity index (χ0v) is 10.1. The van der Waals surface area contributed by atoms with E-state index in [1.165, 1.54) is 0 Å². The van der Waals surface area contributed by atoms with Crippen LogP contribution in [0.3, 0.4) is 0 Å². The standard InChI is InChI=1S/C11H13NO4.ClH/c1-11(12,9(13)14)10(15)16-7-8-5-3-2-4-6-8;/h2-6H,7,12H2,1H3,(H,13,14);1H. The lowest BCUT2D eigenvalue weighted by atomic mass is 10.1. The molecule has 94 valence electrons. The number of nitrogens with two attached hydrogens (primary N) is 1. The first-order chi connectivity index (χ1) is 7.44. The van der Waals surface area contributed by atoms with Crippen LogP contribution in [0, 0.1) is 0 Å². The van der Waals surface area contributed by atoms with Crippen LogP contribution in [0.2, 0.25) is 0 Å². The Labute approximate surface area is 105 Å². The molecule has 0 saturated heterocycles. The highest BCUT2D eigenvalue weighted by Crippen LogP contribution is 2.06. The van der Waals surface area contributed by atoms with E-state index in [-0.39, 0.29) is 19.0 Å². The third-order valence-corrected chi connectivity index (χ3v) is 2.08. The topological polar surface area (TPSA) is 89.6 Å². The Kier molecular flexibility index (Phi) is 5.64. The van der Waals surface area contributed by atoms with Crippen molar-refractivity contribution >= 4 is 24.3 Å². The predicted molar refractivity (Wildman–Crippen MR) is 63.7 cm³/mol. The Morgan fingerprint density at radius 2 is 1.88 bits per heavy atom. The number of esters is 1. The first-order valence-corrected chi connectivity index (χ1v) is 4.68. The van der Waals surface area contributed by atoms with E-state index in [0.29, 0.717) is 0 Å². The molecule has 0 radical (unpaired) electrons. The smallest absolute Gasteiger partial charge is 0.337 e. The second-order valence-electron chi connectivity index (χ2n) is 3.57. The number of aliphatic carboxylic acids is 1. The van der Waals surface area contributed by atoms with Gasteiger partial charge in [-0.1, -0.05) is 30.3 Å². The van der Waals surface area contributed by atoms with Crippen molar-refractivity contribution in [2.75, 3.05) is 0 Å². The van der Waals surface area contributed by atoms with Gasteiger partial charge in [-0.05, 0) is 12.5 Å². The molecule has 0 spiro atoms. The number of hydrogen-bond donors (Lipinski definition) is 2. The monoisotopic (exact) mass is 259 g/mol. The van der Waals surface area contributed by atoms with Gasteiger partial charge < -0.3 is 15.6 Å². The lowest BCUT2D eigenvalue weighted by Crippen LogP contribution is -2.53. The van der Waals surface area contributed by atoms with Gasteiger partial charge >= 0.3 is 11.9 Å². The third kappa shape index (κ3) is 4.05. The fraction of sp³-hybridized carbons (Fsp3) is 0.273. The Hall–Kier alpha value is -1.59. The quantitative estimate of drug-likeness (QED) is 0.621.